The summed E-state index contributed by atoms with van der Waals surface area (Å²) in [5, 5.41) is 22.1. The average Bonchev–Trinajstić information content (AvgIpc) is 2.25. The van der Waals surface area contributed by atoms with Gasteiger partial charge in [0.15, 0.2) is 0 Å². The first-order chi connectivity index (χ1) is 7.52. The van der Waals surface area contributed by atoms with Gasteiger partial charge in [0, 0.05) is 18.7 Å². The van der Waals surface area contributed by atoms with Crippen LogP contribution in [0.3, 0.4) is 0 Å². The number of halogens is 1. The Labute approximate surface area is 92.1 Å². The summed E-state index contributed by atoms with van der Waals surface area (Å²) in [6, 6.07) is 3.27. The maximum atomic E-state index is 13.0. The van der Waals surface area contributed by atoms with Crippen molar-refractivity contribution < 1.29 is 14.4 Å². The molecule has 6 heteroatoms. The van der Waals surface area contributed by atoms with E-state index in [4.69, 9.17) is 5.11 Å². The summed E-state index contributed by atoms with van der Waals surface area (Å²) in [6.45, 7) is 1.99. The van der Waals surface area contributed by atoms with Crippen LogP contribution in [-0.4, -0.2) is 22.7 Å². The van der Waals surface area contributed by atoms with Gasteiger partial charge in [0.1, 0.15) is 5.82 Å². The van der Waals surface area contributed by atoms with Crippen molar-refractivity contribution in [3.63, 3.8) is 0 Å². The highest BCUT2D eigenvalue weighted by molar-refractivity contribution is 5.35. The van der Waals surface area contributed by atoms with Crippen molar-refractivity contribution in [1.29, 1.82) is 0 Å². The van der Waals surface area contributed by atoms with Gasteiger partial charge in [-0.25, -0.2) is 4.39 Å². The summed E-state index contributed by atoms with van der Waals surface area (Å²) in [5.41, 5.74) is 0.209. The van der Waals surface area contributed by atoms with E-state index >= 15 is 0 Å². The molecule has 0 aliphatic carbocycles. The lowest BCUT2D eigenvalue weighted by molar-refractivity contribution is -0.385. The Bertz CT molecular complexity index is 384. The quantitative estimate of drug-likeness (QED) is 0.586. The van der Waals surface area contributed by atoms with E-state index in [1.807, 2.05) is 0 Å². The molecular weight excluding hydrogens is 215 g/mol. The molecule has 0 saturated carbocycles. The zero-order valence-electron chi connectivity index (χ0n) is 8.81. The molecule has 0 radical (unpaired) electrons. The van der Waals surface area contributed by atoms with E-state index in [9.17, 15) is 14.5 Å². The molecule has 1 rings (SSSR count). The molecule has 0 bridgehead atoms. The molecule has 88 valence electrons. The van der Waals surface area contributed by atoms with Gasteiger partial charge in [0.05, 0.1) is 17.6 Å². The number of aliphatic hydroxyl groups excluding tert-OH is 1. The molecule has 1 aromatic rings. The monoisotopic (exact) mass is 228 g/mol. The Morgan fingerprint density at radius 3 is 2.81 bits per heavy atom. The normalized spacial score (nSPS) is 12.4. The average molecular weight is 228 g/mol. The fourth-order valence-electron chi connectivity index (χ4n) is 1.20. The second-order valence-electron chi connectivity index (χ2n) is 3.54. The van der Waals surface area contributed by atoms with Crippen LogP contribution in [0.4, 0.5) is 10.1 Å². The third-order valence-electron chi connectivity index (χ3n) is 2.08. The number of hydrogen-bond donors (Lipinski definition) is 2. The number of benzene rings is 1. The Balaban J connectivity index is 2.76. The number of aliphatic hydroxyl groups is 1. The summed E-state index contributed by atoms with van der Waals surface area (Å²) >= 11 is 0. The van der Waals surface area contributed by atoms with Crippen LogP contribution in [0.15, 0.2) is 18.2 Å². The molecule has 0 amide bonds. The molecule has 0 aromatic heterocycles. The molecule has 2 N–H and O–H groups in total. The highest BCUT2D eigenvalue weighted by Gasteiger charge is 2.10. The molecule has 0 fully saturated rings. The van der Waals surface area contributed by atoms with E-state index in [1.165, 1.54) is 12.1 Å². The van der Waals surface area contributed by atoms with Crippen LogP contribution < -0.4 is 5.32 Å². The van der Waals surface area contributed by atoms with Gasteiger partial charge < -0.3 is 10.4 Å². The van der Waals surface area contributed by atoms with Gasteiger partial charge in [-0.05, 0) is 18.6 Å². The van der Waals surface area contributed by atoms with Crippen molar-refractivity contribution in [3.8, 4) is 0 Å². The van der Waals surface area contributed by atoms with E-state index in [2.05, 4.69) is 5.32 Å². The van der Waals surface area contributed by atoms with Gasteiger partial charge in [-0.15, -0.1) is 0 Å². The van der Waals surface area contributed by atoms with Crippen molar-refractivity contribution in [2.45, 2.75) is 19.5 Å². The number of nitrogens with one attached hydrogen (secondary N) is 1. The minimum atomic E-state index is -0.637. The van der Waals surface area contributed by atoms with E-state index in [-0.39, 0.29) is 24.9 Å². The van der Waals surface area contributed by atoms with E-state index in [0.29, 0.717) is 5.56 Å². The van der Waals surface area contributed by atoms with Crippen LogP contribution in [0.1, 0.15) is 12.5 Å². The molecule has 0 heterocycles. The van der Waals surface area contributed by atoms with Crippen LogP contribution in [0.5, 0.6) is 0 Å². The number of non-ortho nitro benzene ring substituents is 1. The smallest absolute Gasteiger partial charge is 0.272 e. The Hall–Kier alpha value is -1.53. The van der Waals surface area contributed by atoms with E-state index < -0.39 is 10.7 Å². The number of rotatable bonds is 5. The second-order valence-corrected chi connectivity index (χ2v) is 3.54. The maximum Gasteiger partial charge on any atom is 0.272 e. The first-order valence-electron chi connectivity index (χ1n) is 4.81. The van der Waals surface area contributed by atoms with Gasteiger partial charge in [-0.3, -0.25) is 10.1 Å². The highest BCUT2D eigenvalue weighted by atomic mass is 19.1. The number of nitrogens with zero attached hydrogens (tertiary/aromatic N) is 1. The lowest BCUT2D eigenvalue weighted by Gasteiger charge is -2.10. The Kier molecular flexibility index (Phi) is 4.33. The summed E-state index contributed by atoms with van der Waals surface area (Å²) in [6.07, 6.45) is 0. The highest BCUT2D eigenvalue weighted by Crippen LogP contribution is 2.16. The minimum absolute atomic E-state index is 0.0442. The molecule has 5 nitrogen and oxygen atoms in total. The summed E-state index contributed by atoms with van der Waals surface area (Å²) < 4.78 is 13.0. The van der Waals surface area contributed by atoms with Crippen molar-refractivity contribution in [3.05, 3.63) is 39.7 Å². The topological polar surface area (TPSA) is 75.4 Å². The largest absolute Gasteiger partial charge is 0.395 e. The Morgan fingerprint density at radius 1 is 1.56 bits per heavy atom. The summed E-state index contributed by atoms with van der Waals surface area (Å²) in [4.78, 5) is 9.84. The van der Waals surface area contributed by atoms with Gasteiger partial charge in [-0.1, -0.05) is 0 Å². The van der Waals surface area contributed by atoms with Gasteiger partial charge in [0.25, 0.3) is 5.69 Å². The molecule has 1 aromatic carbocycles. The predicted octanol–water partition coefficient (Wildman–Crippen LogP) is 1.20. The zero-order valence-corrected chi connectivity index (χ0v) is 8.81. The Morgan fingerprint density at radius 2 is 2.25 bits per heavy atom. The van der Waals surface area contributed by atoms with Gasteiger partial charge >= 0.3 is 0 Å². The van der Waals surface area contributed by atoms with Crippen molar-refractivity contribution >= 4 is 5.69 Å². The van der Waals surface area contributed by atoms with Crippen molar-refractivity contribution in [1.82, 2.24) is 5.32 Å². The van der Waals surface area contributed by atoms with Gasteiger partial charge in [0.2, 0.25) is 0 Å². The van der Waals surface area contributed by atoms with E-state index in [0.717, 1.165) is 6.07 Å². The van der Waals surface area contributed by atoms with Crippen LogP contribution in [0.25, 0.3) is 0 Å². The molecular formula is C10H13FN2O3. The maximum absolute atomic E-state index is 13.0. The van der Waals surface area contributed by atoms with Crippen LogP contribution in [0.2, 0.25) is 0 Å². The zero-order chi connectivity index (χ0) is 12.1. The van der Waals surface area contributed by atoms with Crippen molar-refractivity contribution in [2.24, 2.45) is 0 Å². The minimum Gasteiger partial charge on any atom is -0.395 e. The third kappa shape index (κ3) is 3.56. The fraction of sp³-hybridized carbons (Fsp3) is 0.400. The lowest BCUT2D eigenvalue weighted by atomic mass is 10.2. The summed E-state index contributed by atoms with van der Waals surface area (Å²) in [5.74, 6) is -0.636. The first-order valence-corrected chi connectivity index (χ1v) is 4.81. The number of nitro benzene ring substituents is 1. The number of hydrogen-bond acceptors (Lipinski definition) is 4. The molecule has 1 atom stereocenters. The van der Waals surface area contributed by atoms with Crippen LogP contribution in [0, 0.1) is 15.9 Å². The summed E-state index contributed by atoms with van der Waals surface area (Å²) in [7, 11) is 0. The molecule has 1 unspecified atom stereocenters. The molecule has 0 spiro atoms. The molecule has 0 aliphatic rings. The standard InChI is InChI=1S/C10H13FN2O3/c1-7(6-14)12-5-8-2-9(11)4-10(3-8)13(15)16/h2-4,7,12,14H,5-6H2,1H3. The molecule has 16 heavy (non-hydrogen) atoms. The third-order valence-corrected chi connectivity index (χ3v) is 2.08. The molecule has 0 saturated heterocycles. The van der Waals surface area contributed by atoms with E-state index in [1.54, 1.807) is 6.92 Å². The predicted molar refractivity (Wildman–Crippen MR) is 56.4 cm³/mol. The SMILES string of the molecule is CC(CO)NCc1cc(F)cc([N+](=O)[O-])c1. The molecule has 0 aliphatic heterocycles. The number of nitro groups is 1. The van der Waals surface area contributed by atoms with Gasteiger partial charge in [-0.2, -0.15) is 0 Å². The fourth-order valence-corrected chi connectivity index (χ4v) is 1.20. The second kappa shape index (κ2) is 5.53. The first kappa shape index (κ1) is 12.5. The van der Waals surface area contributed by atoms with Crippen LogP contribution >= 0.6 is 0 Å². The van der Waals surface area contributed by atoms with Crippen LogP contribution in [-0.2, 0) is 6.54 Å². The lowest BCUT2D eigenvalue weighted by Crippen LogP contribution is -2.28. The van der Waals surface area contributed by atoms with Crippen molar-refractivity contribution in [2.75, 3.05) is 6.61 Å².